The lowest BCUT2D eigenvalue weighted by Gasteiger charge is -2.16. The van der Waals surface area contributed by atoms with E-state index in [-0.39, 0.29) is 11.9 Å². The quantitative estimate of drug-likeness (QED) is 0.428. The van der Waals surface area contributed by atoms with Crippen molar-refractivity contribution in [3.05, 3.63) is 95.9 Å². The normalized spacial score (nSPS) is 12.0. The molecule has 5 aromatic rings. The number of hydrogen-bond acceptors (Lipinski definition) is 5. The lowest BCUT2D eigenvalue weighted by Crippen LogP contribution is -2.27. The summed E-state index contributed by atoms with van der Waals surface area (Å²) in [6, 6.07) is 21.4. The number of thiophene rings is 1. The van der Waals surface area contributed by atoms with E-state index in [2.05, 4.69) is 15.4 Å². The van der Waals surface area contributed by atoms with Crippen LogP contribution >= 0.6 is 11.3 Å². The number of nitrogens with one attached hydrogen (secondary N) is 1. The molecule has 1 N–H and O–H groups in total. The van der Waals surface area contributed by atoms with Gasteiger partial charge in [0.2, 0.25) is 0 Å². The summed E-state index contributed by atoms with van der Waals surface area (Å²) in [5, 5.41) is 10.1. The first kappa shape index (κ1) is 19.1. The SMILES string of the molecule is CC(NC(=O)c1cc(-c2cccs2)nc2ccccc12)c1ccc(-n2cncn2)cc1. The van der Waals surface area contributed by atoms with Gasteiger partial charge in [-0.2, -0.15) is 5.10 Å². The maximum Gasteiger partial charge on any atom is 0.252 e. The molecule has 0 aliphatic rings. The zero-order valence-electron chi connectivity index (χ0n) is 16.8. The number of nitrogens with zero attached hydrogens (tertiary/aromatic N) is 4. The number of carbonyl (C=O) groups excluding carboxylic acids is 1. The van der Waals surface area contributed by atoms with E-state index in [9.17, 15) is 4.79 Å². The molecule has 1 unspecified atom stereocenters. The largest absolute Gasteiger partial charge is 0.345 e. The van der Waals surface area contributed by atoms with Gasteiger partial charge in [-0.15, -0.1) is 11.3 Å². The van der Waals surface area contributed by atoms with Crippen molar-refractivity contribution < 1.29 is 4.79 Å². The molecule has 3 heterocycles. The standard InChI is InChI=1S/C24H19N5OS/c1-16(17-8-10-18(11-9-17)29-15-25-14-26-29)27-24(30)20-13-22(23-7-4-12-31-23)28-21-6-3-2-5-19(20)21/h2-16H,1H3,(H,27,30). The molecule has 31 heavy (non-hydrogen) atoms. The molecule has 0 fully saturated rings. The summed E-state index contributed by atoms with van der Waals surface area (Å²) in [6.07, 6.45) is 3.15. The first-order valence-electron chi connectivity index (χ1n) is 9.88. The highest BCUT2D eigenvalue weighted by atomic mass is 32.1. The predicted octanol–water partition coefficient (Wildman–Crippen LogP) is 5.04. The van der Waals surface area contributed by atoms with Crippen molar-refractivity contribution in [2.24, 2.45) is 0 Å². The van der Waals surface area contributed by atoms with Gasteiger partial charge in [-0.3, -0.25) is 4.79 Å². The van der Waals surface area contributed by atoms with Gasteiger partial charge in [0.25, 0.3) is 5.91 Å². The molecule has 2 aromatic carbocycles. The van der Waals surface area contributed by atoms with Crippen molar-refractivity contribution in [1.29, 1.82) is 0 Å². The van der Waals surface area contributed by atoms with E-state index in [1.54, 1.807) is 22.3 Å². The molecule has 152 valence electrons. The van der Waals surface area contributed by atoms with Crippen LogP contribution in [0.4, 0.5) is 0 Å². The van der Waals surface area contributed by atoms with Crippen LogP contribution < -0.4 is 5.32 Å². The lowest BCUT2D eigenvalue weighted by atomic mass is 10.0. The molecule has 5 rings (SSSR count). The zero-order chi connectivity index (χ0) is 21.2. The molecule has 1 atom stereocenters. The number of para-hydroxylation sites is 1. The summed E-state index contributed by atoms with van der Waals surface area (Å²) >= 11 is 1.61. The fraction of sp³-hybridized carbons (Fsp3) is 0.0833. The number of hydrogen-bond donors (Lipinski definition) is 1. The number of pyridine rings is 1. The number of benzene rings is 2. The van der Waals surface area contributed by atoms with Gasteiger partial charge >= 0.3 is 0 Å². The molecule has 0 aliphatic heterocycles. The van der Waals surface area contributed by atoms with Crippen LogP contribution in [0.5, 0.6) is 0 Å². The fourth-order valence-electron chi connectivity index (χ4n) is 3.53. The molecule has 7 heteroatoms. The first-order chi connectivity index (χ1) is 15.2. The Balaban J connectivity index is 1.43. The molecule has 3 aromatic heterocycles. The van der Waals surface area contributed by atoms with Gasteiger partial charge < -0.3 is 5.32 Å². The Morgan fingerprint density at radius 2 is 1.90 bits per heavy atom. The molecule has 0 radical (unpaired) electrons. The van der Waals surface area contributed by atoms with E-state index < -0.39 is 0 Å². The molecule has 0 saturated carbocycles. The molecule has 0 bridgehead atoms. The first-order valence-corrected chi connectivity index (χ1v) is 10.8. The van der Waals surface area contributed by atoms with Crippen LogP contribution in [0.1, 0.15) is 28.9 Å². The summed E-state index contributed by atoms with van der Waals surface area (Å²) in [6.45, 7) is 1.98. The Hall–Kier alpha value is -3.84. The van der Waals surface area contributed by atoms with Gasteiger partial charge in [-0.05, 0) is 48.2 Å². The molecule has 6 nitrogen and oxygen atoms in total. The van der Waals surface area contributed by atoms with E-state index in [1.165, 1.54) is 6.33 Å². The van der Waals surface area contributed by atoms with Gasteiger partial charge in [0.05, 0.1) is 33.4 Å². The van der Waals surface area contributed by atoms with Crippen molar-refractivity contribution >= 4 is 28.1 Å². The average Bonchev–Trinajstić information content (AvgIpc) is 3.53. The number of aromatic nitrogens is 4. The molecule has 1 amide bonds. The second-order valence-electron chi connectivity index (χ2n) is 7.18. The highest BCUT2D eigenvalue weighted by Gasteiger charge is 2.17. The van der Waals surface area contributed by atoms with E-state index in [0.717, 1.165) is 32.7 Å². The number of carbonyl (C=O) groups is 1. The Bertz CT molecular complexity index is 1330. The molecule has 0 aliphatic carbocycles. The minimum absolute atomic E-state index is 0.121. The van der Waals surface area contributed by atoms with Crippen LogP contribution in [0.25, 0.3) is 27.2 Å². The van der Waals surface area contributed by atoms with Crippen LogP contribution in [0.2, 0.25) is 0 Å². The van der Waals surface area contributed by atoms with E-state index in [0.29, 0.717) is 5.56 Å². The number of amides is 1. The summed E-state index contributed by atoms with van der Waals surface area (Å²) in [7, 11) is 0. The molecule has 0 saturated heterocycles. The Kier molecular flexibility index (Phi) is 5.01. The maximum absolute atomic E-state index is 13.3. The fourth-order valence-corrected chi connectivity index (χ4v) is 4.22. The van der Waals surface area contributed by atoms with Crippen LogP contribution in [-0.2, 0) is 0 Å². The Labute approximate surface area is 183 Å². The minimum atomic E-state index is -0.158. The van der Waals surface area contributed by atoms with Crippen LogP contribution in [0.15, 0.2) is 84.8 Å². The van der Waals surface area contributed by atoms with Crippen molar-refractivity contribution in [2.45, 2.75) is 13.0 Å². The van der Waals surface area contributed by atoms with E-state index >= 15 is 0 Å². The lowest BCUT2D eigenvalue weighted by molar-refractivity contribution is 0.0941. The van der Waals surface area contributed by atoms with Crippen molar-refractivity contribution in [3.63, 3.8) is 0 Å². The molecule has 0 spiro atoms. The van der Waals surface area contributed by atoms with Crippen LogP contribution in [-0.4, -0.2) is 25.7 Å². The van der Waals surface area contributed by atoms with Crippen molar-refractivity contribution in [1.82, 2.24) is 25.1 Å². The van der Waals surface area contributed by atoms with Gasteiger partial charge in [0.15, 0.2) is 0 Å². The Morgan fingerprint density at radius 1 is 1.06 bits per heavy atom. The summed E-state index contributed by atoms with van der Waals surface area (Å²) in [5.74, 6) is -0.121. The predicted molar refractivity (Wildman–Crippen MR) is 122 cm³/mol. The summed E-state index contributed by atoms with van der Waals surface area (Å²) < 4.78 is 1.70. The monoisotopic (exact) mass is 425 g/mol. The van der Waals surface area contributed by atoms with Crippen molar-refractivity contribution in [3.8, 4) is 16.3 Å². The topological polar surface area (TPSA) is 72.7 Å². The highest BCUT2D eigenvalue weighted by Crippen LogP contribution is 2.28. The van der Waals surface area contributed by atoms with Gasteiger partial charge in [0.1, 0.15) is 12.7 Å². The number of rotatable bonds is 5. The Morgan fingerprint density at radius 3 is 2.65 bits per heavy atom. The smallest absolute Gasteiger partial charge is 0.252 e. The van der Waals surface area contributed by atoms with Crippen LogP contribution in [0.3, 0.4) is 0 Å². The second kappa shape index (κ2) is 8.12. The zero-order valence-corrected chi connectivity index (χ0v) is 17.6. The minimum Gasteiger partial charge on any atom is -0.345 e. The summed E-state index contributed by atoms with van der Waals surface area (Å²) in [4.78, 5) is 23.0. The van der Waals surface area contributed by atoms with E-state index in [1.807, 2.05) is 79.0 Å². The number of fused-ring (bicyclic) bond motifs is 1. The van der Waals surface area contributed by atoms with Crippen molar-refractivity contribution in [2.75, 3.05) is 0 Å². The maximum atomic E-state index is 13.3. The molecular weight excluding hydrogens is 406 g/mol. The van der Waals surface area contributed by atoms with Crippen LogP contribution in [0, 0.1) is 0 Å². The van der Waals surface area contributed by atoms with Gasteiger partial charge in [0, 0.05) is 5.39 Å². The third-order valence-electron chi connectivity index (χ3n) is 5.16. The van der Waals surface area contributed by atoms with Gasteiger partial charge in [-0.25, -0.2) is 14.6 Å². The third kappa shape index (κ3) is 3.83. The third-order valence-corrected chi connectivity index (χ3v) is 6.05. The molecular formula is C24H19N5OS. The average molecular weight is 426 g/mol. The van der Waals surface area contributed by atoms with E-state index in [4.69, 9.17) is 4.98 Å². The highest BCUT2D eigenvalue weighted by molar-refractivity contribution is 7.13. The second-order valence-corrected chi connectivity index (χ2v) is 8.12. The van der Waals surface area contributed by atoms with Gasteiger partial charge in [-0.1, -0.05) is 36.4 Å². The summed E-state index contributed by atoms with van der Waals surface area (Å²) in [5.41, 5.74) is 4.17.